The van der Waals surface area contributed by atoms with E-state index in [4.69, 9.17) is 4.74 Å². The number of benzene rings is 1. The summed E-state index contributed by atoms with van der Waals surface area (Å²) in [6.45, 7) is 4.66. The fraction of sp³-hybridized carbons (Fsp3) is 0.440. The van der Waals surface area contributed by atoms with E-state index < -0.39 is 0 Å². The number of anilines is 1. The maximum atomic E-state index is 10.7. The number of rotatable bonds is 5. The molecule has 0 amide bonds. The number of phenolic OH excluding ortho intramolecular Hbond substituents is 1. The summed E-state index contributed by atoms with van der Waals surface area (Å²) >= 11 is 0. The summed E-state index contributed by atoms with van der Waals surface area (Å²) in [6, 6.07) is 11.6. The van der Waals surface area contributed by atoms with Gasteiger partial charge in [-0.05, 0) is 69.4 Å². The van der Waals surface area contributed by atoms with Crippen molar-refractivity contribution in [2.24, 2.45) is 0 Å². The summed E-state index contributed by atoms with van der Waals surface area (Å²) in [5, 5.41) is 31.3. The molecule has 0 unspecified atom stereocenters. The quantitative estimate of drug-likeness (QED) is 0.611. The first-order valence-corrected chi connectivity index (χ1v) is 11.3. The predicted octanol–water partition coefficient (Wildman–Crippen LogP) is 3.81. The Hall–Kier alpha value is -3.26. The number of fused-ring (bicyclic) bond motifs is 2. The van der Waals surface area contributed by atoms with Crippen LogP contribution >= 0.6 is 0 Å². The third-order valence-corrected chi connectivity index (χ3v) is 7.21. The summed E-state index contributed by atoms with van der Waals surface area (Å²) < 4.78 is 5.14. The van der Waals surface area contributed by atoms with Gasteiger partial charge in [-0.2, -0.15) is 5.10 Å². The molecule has 0 aliphatic carbocycles. The molecule has 2 bridgehead atoms. The van der Waals surface area contributed by atoms with E-state index in [9.17, 15) is 5.11 Å². The number of methoxy groups -OCH3 is 1. The molecule has 4 heterocycles. The molecule has 33 heavy (non-hydrogen) atoms. The first-order valence-electron chi connectivity index (χ1n) is 11.3. The lowest BCUT2D eigenvalue weighted by molar-refractivity contribution is 0.207. The van der Waals surface area contributed by atoms with Crippen LogP contribution in [0.3, 0.4) is 0 Å². The van der Waals surface area contributed by atoms with Gasteiger partial charge in [-0.15, -0.1) is 15.3 Å². The molecule has 1 aromatic carbocycles. The number of ether oxygens (including phenoxy) is 1. The predicted molar refractivity (Wildman–Crippen MR) is 127 cm³/mol. The van der Waals surface area contributed by atoms with Gasteiger partial charge in [0.2, 0.25) is 5.88 Å². The molecule has 5 rings (SSSR count). The molecule has 8 heteroatoms. The second-order valence-corrected chi connectivity index (χ2v) is 9.91. The van der Waals surface area contributed by atoms with Gasteiger partial charge in [0, 0.05) is 41.4 Å². The Balaban J connectivity index is 1.35. The Labute approximate surface area is 194 Å². The van der Waals surface area contributed by atoms with Gasteiger partial charge in [0.05, 0.1) is 19.0 Å². The number of hydrogen-bond donors (Lipinski definition) is 2. The molecule has 2 saturated heterocycles. The molecule has 2 fully saturated rings. The Morgan fingerprint density at radius 2 is 1.76 bits per heavy atom. The van der Waals surface area contributed by atoms with Crippen molar-refractivity contribution < 1.29 is 9.84 Å². The van der Waals surface area contributed by atoms with Gasteiger partial charge in [0.1, 0.15) is 5.75 Å². The molecule has 0 spiro atoms. The Bertz CT molecular complexity index is 1150. The van der Waals surface area contributed by atoms with Gasteiger partial charge in [0.25, 0.3) is 0 Å². The van der Waals surface area contributed by atoms with E-state index in [-0.39, 0.29) is 16.8 Å². The van der Waals surface area contributed by atoms with Gasteiger partial charge < -0.3 is 20.1 Å². The second kappa shape index (κ2) is 7.95. The average molecular weight is 447 g/mol. The van der Waals surface area contributed by atoms with Crippen molar-refractivity contribution in [3.63, 3.8) is 0 Å². The van der Waals surface area contributed by atoms with E-state index in [1.807, 2.05) is 24.3 Å². The normalized spacial score (nSPS) is 26.2. The maximum Gasteiger partial charge on any atom is 0.233 e. The van der Waals surface area contributed by atoms with Crippen LogP contribution in [0.25, 0.3) is 22.4 Å². The fourth-order valence-electron chi connectivity index (χ4n) is 5.47. The molecule has 2 aliphatic heterocycles. The second-order valence-electron chi connectivity index (χ2n) is 9.91. The number of phenols is 1. The maximum absolute atomic E-state index is 10.7. The molecule has 0 saturated carbocycles. The number of piperidine rings is 1. The van der Waals surface area contributed by atoms with E-state index >= 15 is 0 Å². The third-order valence-electron chi connectivity index (χ3n) is 7.21. The van der Waals surface area contributed by atoms with E-state index in [0.29, 0.717) is 23.2 Å². The zero-order valence-corrected chi connectivity index (χ0v) is 19.5. The standard InChI is InChI=1S/C25H30N6O2/c1-24-9-10-25(2,30-24)14-18(13-24)31(3)22-8-7-20(27-28-22)19-6-5-16(11-21(19)32)17-12-23(33-4)29-26-15-17/h5-8,11-12,15,18,30,32H,9-10,13-14H2,1-4H3/t18-,24+,25-. The van der Waals surface area contributed by atoms with Gasteiger partial charge in [-0.3, -0.25) is 0 Å². The van der Waals surface area contributed by atoms with Crippen molar-refractivity contribution in [1.82, 2.24) is 25.7 Å². The monoisotopic (exact) mass is 446 g/mol. The van der Waals surface area contributed by atoms with E-state index in [2.05, 4.69) is 51.5 Å². The highest BCUT2D eigenvalue weighted by molar-refractivity contribution is 5.74. The molecule has 3 atom stereocenters. The van der Waals surface area contributed by atoms with Crippen LogP contribution < -0.4 is 15.0 Å². The number of nitrogens with one attached hydrogen (secondary N) is 1. The first kappa shape index (κ1) is 21.6. The number of hydrogen-bond acceptors (Lipinski definition) is 8. The smallest absolute Gasteiger partial charge is 0.233 e. The molecule has 2 N–H and O–H groups in total. The Kier molecular flexibility index (Phi) is 5.20. The topological polar surface area (TPSA) is 96.3 Å². The van der Waals surface area contributed by atoms with E-state index in [1.54, 1.807) is 25.4 Å². The highest BCUT2D eigenvalue weighted by Gasteiger charge is 2.49. The van der Waals surface area contributed by atoms with E-state index in [0.717, 1.165) is 29.8 Å². The summed E-state index contributed by atoms with van der Waals surface area (Å²) in [5.74, 6) is 1.41. The van der Waals surface area contributed by atoms with Crippen molar-refractivity contribution in [3.8, 4) is 34.0 Å². The van der Waals surface area contributed by atoms with Crippen molar-refractivity contribution >= 4 is 5.82 Å². The number of nitrogens with zero attached hydrogens (tertiary/aromatic N) is 5. The van der Waals surface area contributed by atoms with Gasteiger partial charge in [0.15, 0.2) is 5.82 Å². The van der Waals surface area contributed by atoms with Crippen LogP contribution in [0.2, 0.25) is 0 Å². The van der Waals surface area contributed by atoms with Crippen molar-refractivity contribution in [2.75, 3.05) is 19.1 Å². The lowest BCUT2D eigenvalue weighted by Crippen LogP contribution is -2.58. The van der Waals surface area contributed by atoms with Crippen LogP contribution in [0.15, 0.2) is 42.6 Å². The minimum absolute atomic E-state index is 0.134. The number of aromatic hydroxyl groups is 1. The number of aromatic nitrogens is 4. The van der Waals surface area contributed by atoms with E-state index in [1.165, 1.54) is 12.8 Å². The lowest BCUT2D eigenvalue weighted by atomic mass is 9.84. The van der Waals surface area contributed by atoms with Crippen molar-refractivity contribution in [2.45, 2.75) is 56.7 Å². The summed E-state index contributed by atoms with van der Waals surface area (Å²) in [7, 11) is 3.65. The Morgan fingerprint density at radius 1 is 1.00 bits per heavy atom. The summed E-state index contributed by atoms with van der Waals surface area (Å²) in [5.41, 5.74) is 3.28. The van der Waals surface area contributed by atoms with Crippen LogP contribution in [0.1, 0.15) is 39.5 Å². The SMILES string of the molecule is COc1cc(-c2ccc(-c3ccc(N(C)[C@@H]4C[C@]5(C)CC[C@](C)(C4)N5)nn3)c(O)c2)cnn1. The minimum atomic E-state index is 0.134. The summed E-state index contributed by atoms with van der Waals surface area (Å²) in [4.78, 5) is 2.26. The molecule has 2 aliphatic rings. The molecular formula is C25H30N6O2. The van der Waals surface area contributed by atoms with Crippen molar-refractivity contribution in [1.29, 1.82) is 0 Å². The Morgan fingerprint density at radius 3 is 2.39 bits per heavy atom. The zero-order chi connectivity index (χ0) is 23.2. The molecule has 2 aromatic heterocycles. The van der Waals surface area contributed by atoms with Gasteiger partial charge >= 0.3 is 0 Å². The summed E-state index contributed by atoms with van der Waals surface area (Å²) in [6.07, 6.45) is 6.26. The van der Waals surface area contributed by atoms with Gasteiger partial charge in [-0.1, -0.05) is 6.07 Å². The van der Waals surface area contributed by atoms with Crippen molar-refractivity contribution in [3.05, 3.63) is 42.6 Å². The van der Waals surface area contributed by atoms with Gasteiger partial charge in [-0.25, -0.2) is 0 Å². The zero-order valence-electron chi connectivity index (χ0n) is 19.5. The van der Waals surface area contributed by atoms with Crippen LogP contribution in [-0.2, 0) is 0 Å². The molecule has 0 radical (unpaired) electrons. The van der Waals surface area contributed by atoms with Crippen LogP contribution in [0.5, 0.6) is 11.6 Å². The lowest BCUT2D eigenvalue weighted by Gasteiger charge is -2.45. The van der Waals surface area contributed by atoms with Crippen LogP contribution in [0, 0.1) is 0 Å². The molecule has 3 aromatic rings. The molecular weight excluding hydrogens is 416 g/mol. The largest absolute Gasteiger partial charge is 0.507 e. The third kappa shape index (κ3) is 4.11. The average Bonchev–Trinajstić information content (AvgIpc) is 3.05. The highest BCUT2D eigenvalue weighted by Crippen LogP contribution is 2.43. The van der Waals surface area contributed by atoms with Crippen LogP contribution in [0.4, 0.5) is 5.82 Å². The first-order chi connectivity index (χ1) is 15.8. The van der Waals surface area contributed by atoms with Crippen LogP contribution in [-0.4, -0.2) is 56.8 Å². The fourth-order valence-corrected chi connectivity index (χ4v) is 5.47. The molecule has 172 valence electrons. The minimum Gasteiger partial charge on any atom is -0.507 e. The molecule has 8 nitrogen and oxygen atoms in total. The highest BCUT2D eigenvalue weighted by atomic mass is 16.5.